The standard InChI is InChI=1S/C18H25N5O3/c1-12(2)16-19-6-9-22(16)13(3)17(24)21-7-5-8-23-14(11-21)10-15(20-23)18(25)26-4/h6,9-10,12-13H,5,7-8,11H2,1-4H3. The topological polar surface area (TPSA) is 82.3 Å². The summed E-state index contributed by atoms with van der Waals surface area (Å²) in [7, 11) is 1.34. The summed E-state index contributed by atoms with van der Waals surface area (Å²) < 4.78 is 8.47. The quantitative estimate of drug-likeness (QED) is 0.780. The van der Waals surface area contributed by atoms with Crippen molar-refractivity contribution in [3.05, 3.63) is 35.7 Å². The SMILES string of the molecule is COC(=O)c1cc2n(n1)CCCN(C(=O)C(C)n1ccnc1C(C)C)C2. The van der Waals surface area contributed by atoms with E-state index in [2.05, 4.69) is 23.9 Å². The van der Waals surface area contributed by atoms with Crippen LogP contribution in [0.15, 0.2) is 18.5 Å². The Morgan fingerprint density at radius 1 is 1.23 bits per heavy atom. The Balaban J connectivity index is 1.80. The molecule has 8 nitrogen and oxygen atoms in total. The van der Waals surface area contributed by atoms with Crippen LogP contribution in [-0.2, 0) is 22.6 Å². The fraction of sp³-hybridized carbons (Fsp3) is 0.556. The number of esters is 1. The zero-order valence-corrected chi connectivity index (χ0v) is 15.7. The van der Waals surface area contributed by atoms with Crippen molar-refractivity contribution in [1.82, 2.24) is 24.2 Å². The van der Waals surface area contributed by atoms with Gasteiger partial charge in [0.25, 0.3) is 0 Å². The number of hydrogen-bond donors (Lipinski definition) is 0. The molecule has 1 amide bonds. The van der Waals surface area contributed by atoms with Gasteiger partial charge in [-0.3, -0.25) is 9.48 Å². The van der Waals surface area contributed by atoms with Crippen LogP contribution < -0.4 is 0 Å². The lowest BCUT2D eigenvalue weighted by atomic mass is 10.2. The number of carbonyl (C=O) groups is 2. The first-order valence-electron chi connectivity index (χ1n) is 8.89. The predicted octanol–water partition coefficient (Wildman–Crippen LogP) is 1.98. The van der Waals surface area contributed by atoms with Gasteiger partial charge in [0.2, 0.25) is 5.91 Å². The Morgan fingerprint density at radius 2 is 2.00 bits per heavy atom. The van der Waals surface area contributed by atoms with E-state index in [1.54, 1.807) is 16.9 Å². The molecule has 1 aliphatic rings. The summed E-state index contributed by atoms with van der Waals surface area (Å²) in [5.74, 6) is 0.725. The van der Waals surface area contributed by atoms with Crippen molar-refractivity contribution in [3.63, 3.8) is 0 Å². The third kappa shape index (κ3) is 3.36. The highest BCUT2D eigenvalue weighted by Crippen LogP contribution is 2.21. The first-order valence-corrected chi connectivity index (χ1v) is 8.89. The van der Waals surface area contributed by atoms with Crippen molar-refractivity contribution in [2.45, 2.75) is 52.2 Å². The number of imidazole rings is 1. The van der Waals surface area contributed by atoms with Crippen LogP contribution in [-0.4, -0.2) is 49.8 Å². The average molecular weight is 359 g/mol. The molecular formula is C18H25N5O3. The molecule has 1 atom stereocenters. The first kappa shape index (κ1) is 18.2. The molecule has 0 aromatic carbocycles. The van der Waals surface area contributed by atoms with Crippen molar-refractivity contribution in [3.8, 4) is 0 Å². The van der Waals surface area contributed by atoms with E-state index in [-0.39, 0.29) is 23.6 Å². The van der Waals surface area contributed by atoms with Crippen LogP contribution in [0.2, 0.25) is 0 Å². The number of ether oxygens (including phenoxy) is 1. The minimum Gasteiger partial charge on any atom is -0.464 e. The number of carbonyl (C=O) groups excluding carboxylic acids is 2. The molecule has 2 aromatic rings. The first-order chi connectivity index (χ1) is 12.4. The van der Waals surface area contributed by atoms with E-state index in [1.165, 1.54) is 7.11 Å². The van der Waals surface area contributed by atoms with E-state index in [9.17, 15) is 9.59 Å². The van der Waals surface area contributed by atoms with Crippen molar-refractivity contribution < 1.29 is 14.3 Å². The number of rotatable bonds is 4. The molecule has 3 rings (SSSR count). The highest BCUT2D eigenvalue weighted by molar-refractivity contribution is 5.87. The van der Waals surface area contributed by atoms with Gasteiger partial charge < -0.3 is 14.2 Å². The molecule has 2 aromatic heterocycles. The van der Waals surface area contributed by atoms with Gasteiger partial charge in [0.15, 0.2) is 5.69 Å². The fourth-order valence-corrected chi connectivity index (χ4v) is 3.34. The van der Waals surface area contributed by atoms with Gasteiger partial charge in [0, 0.05) is 31.4 Å². The molecule has 0 spiro atoms. The highest BCUT2D eigenvalue weighted by Gasteiger charge is 2.27. The lowest BCUT2D eigenvalue weighted by molar-refractivity contribution is -0.135. The summed E-state index contributed by atoms with van der Waals surface area (Å²) in [6.07, 6.45) is 4.38. The van der Waals surface area contributed by atoms with Gasteiger partial charge in [0.05, 0.1) is 19.3 Å². The molecule has 26 heavy (non-hydrogen) atoms. The number of aryl methyl sites for hydroxylation is 1. The second-order valence-electron chi connectivity index (χ2n) is 6.87. The van der Waals surface area contributed by atoms with E-state index in [0.29, 0.717) is 19.6 Å². The van der Waals surface area contributed by atoms with Gasteiger partial charge in [0.1, 0.15) is 11.9 Å². The van der Waals surface area contributed by atoms with Crippen molar-refractivity contribution in [2.24, 2.45) is 0 Å². The van der Waals surface area contributed by atoms with E-state index in [4.69, 9.17) is 4.74 Å². The maximum absolute atomic E-state index is 13.1. The van der Waals surface area contributed by atoms with E-state index < -0.39 is 5.97 Å². The Morgan fingerprint density at radius 3 is 2.69 bits per heavy atom. The van der Waals surface area contributed by atoms with Crippen LogP contribution in [0.25, 0.3) is 0 Å². The third-order valence-electron chi connectivity index (χ3n) is 4.71. The zero-order valence-electron chi connectivity index (χ0n) is 15.7. The Labute approximate surface area is 152 Å². The molecule has 0 N–H and O–H groups in total. The number of methoxy groups -OCH3 is 1. The molecule has 0 aliphatic carbocycles. The number of nitrogens with zero attached hydrogens (tertiary/aromatic N) is 5. The molecule has 1 aliphatic heterocycles. The normalized spacial score (nSPS) is 15.5. The third-order valence-corrected chi connectivity index (χ3v) is 4.71. The van der Waals surface area contributed by atoms with Crippen LogP contribution >= 0.6 is 0 Å². The van der Waals surface area contributed by atoms with Crippen molar-refractivity contribution in [1.29, 1.82) is 0 Å². The van der Waals surface area contributed by atoms with Gasteiger partial charge in [-0.25, -0.2) is 9.78 Å². The molecular weight excluding hydrogens is 334 g/mol. The monoisotopic (exact) mass is 359 g/mol. The van der Waals surface area contributed by atoms with E-state index >= 15 is 0 Å². The summed E-state index contributed by atoms with van der Waals surface area (Å²) >= 11 is 0. The van der Waals surface area contributed by atoms with Crippen LogP contribution in [0.5, 0.6) is 0 Å². The Hall–Kier alpha value is -2.64. The van der Waals surface area contributed by atoms with E-state index in [1.807, 2.05) is 22.6 Å². The average Bonchev–Trinajstić information content (AvgIpc) is 3.22. The highest BCUT2D eigenvalue weighted by atomic mass is 16.5. The number of aromatic nitrogens is 4. The summed E-state index contributed by atoms with van der Waals surface area (Å²) in [4.78, 5) is 31.0. The van der Waals surface area contributed by atoms with Gasteiger partial charge >= 0.3 is 5.97 Å². The molecule has 0 fully saturated rings. The van der Waals surface area contributed by atoms with Gasteiger partial charge in [-0.15, -0.1) is 0 Å². The zero-order chi connectivity index (χ0) is 18.8. The van der Waals surface area contributed by atoms with Gasteiger partial charge in [-0.2, -0.15) is 5.10 Å². The largest absolute Gasteiger partial charge is 0.464 e. The Kier molecular flexibility index (Phi) is 5.11. The van der Waals surface area contributed by atoms with Crippen LogP contribution in [0.1, 0.15) is 61.2 Å². The summed E-state index contributed by atoms with van der Waals surface area (Å²) in [6, 6.07) is 1.38. The fourth-order valence-electron chi connectivity index (χ4n) is 3.34. The maximum atomic E-state index is 13.1. The van der Waals surface area contributed by atoms with Crippen LogP contribution in [0.4, 0.5) is 0 Å². The summed E-state index contributed by atoms with van der Waals surface area (Å²) in [5.41, 5.74) is 1.12. The molecule has 140 valence electrons. The predicted molar refractivity (Wildman–Crippen MR) is 94.6 cm³/mol. The molecule has 0 bridgehead atoms. The van der Waals surface area contributed by atoms with Crippen molar-refractivity contribution >= 4 is 11.9 Å². The number of hydrogen-bond acceptors (Lipinski definition) is 5. The Bertz CT molecular complexity index is 808. The minimum atomic E-state index is -0.461. The lowest BCUT2D eigenvalue weighted by Crippen LogP contribution is -2.36. The van der Waals surface area contributed by atoms with Gasteiger partial charge in [-0.05, 0) is 19.4 Å². The maximum Gasteiger partial charge on any atom is 0.358 e. The minimum absolute atomic E-state index is 0.0409. The van der Waals surface area contributed by atoms with Gasteiger partial charge in [-0.1, -0.05) is 13.8 Å². The molecule has 8 heteroatoms. The number of fused-ring (bicyclic) bond motifs is 1. The second-order valence-corrected chi connectivity index (χ2v) is 6.87. The second kappa shape index (κ2) is 7.31. The summed E-state index contributed by atoms with van der Waals surface area (Å²) in [6.45, 7) is 7.79. The molecule has 1 unspecified atom stereocenters. The van der Waals surface area contributed by atoms with E-state index in [0.717, 1.165) is 17.9 Å². The van der Waals surface area contributed by atoms with Crippen molar-refractivity contribution in [2.75, 3.05) is 13.7 Å². The molecule has 0 radical (unpaired) electrons. The molecule has 0 saturated carbocycles. The number of amides is 1. The molecule has 0 saturated heterocycles. The smallest absolute Gasteiger partial charge is 0.358 e. The summed E-state index contributed by atoms with van der Waals surface area (Å²) in [5, 5.41) is 4.30. The lowest BCUT2D eigenvalue weighted by Gasteiger charge is -2.26. The van der Waals surface area contributed by atoms with Crippen LogP contribution in [0.3, 0.4) is 0 Å². The molecule has 3 heterocycles. The van der Waals surface area contributed by atoms with Crippen LogP contribution in [0, 0.1) is 0 Å².